The average molecular weight is 418 g/mol. The molecular formula is C28H51NO. The van der Waals surface area contributed by atoms with Gasteiger partial charge in [-0.15, -0.1) is 0 Å². The zero-order valence-corrected chi connectivity index (χ0v) is 20.1. The van der Waals surface area contributed by atoms with E-state index in [1.54, 1.807) is 0 Å². The molecule has 1 rings (SSSR count). The first-order chi connectivity index (χ1) is 14.8. The van der Waals surface area contributed by atoms with Crippen molar-refractivity contribution in [3.63, 3.8) is 0 Å². The molecule has 0 heterocycles. The Morgan fingerprint density at radius 3 is 1.37 bits per heavy atom. The lowest BCUT2D eigenvalue weighted by Gasteiger charge is -2.14. The van der Waals surface area contributed by atoms with Crippen molar-refractivity contribution in [1.29, 1.82) is 0 Å². The molecule has 0 atom stereocenters. The van der Waals surface area contributed by atoms with Crippen LogP contribution in [0.2, 0.25) is 0 Å². The van der Waals surface area contributed by atoms with Gasteiger partial charge in [0, 0.05) is 13.1 Å². The maximum atomic E-state index is 9.98. The molecule has 0 amide bonds. The van der Waals surface area contributed by atoms with Crippen LogP contribution in [-0.4, -0.2) is 23.4 Å². The molecule has 174 valence electrons. The predicted molar refractivity (Wildman–Crippen MR) is 132 cm³/mol. The molecule has 0 unspecified atom stereocenters. The van der Waals surface area contributed by atoms with Gasteiger partial charge in [-0.2, -0.15) is 5.06 Å². The summed E-state index contributed by atoms with van der Waals surface area (Å²) in [6.07, 6.45) is 26.1. The van der Waals surface area contributed by atoms with Crippen molar-refractivity contribution in [2.45, 2.75) is 129 Å². The van der Waals surface area contributed by atoms with Crippen molar-refractivity contribution in [2.24, 2.45) is 0 Å². The maximum Gasteiger partial charge on any atom is 0.0278 e. The number of rotatable bonds is 22. The molecule has 2 heteroatoms. The van der Waals surface area contributed by atoms with Gasteiger partial charge in [-0.1, -0.05) is 146 Å². The van der Waals surface area contributed by atoms with Gasteiger partial charge >= 0.3 is 0 Å². The second kappa shape index (κ2) is 21.4. The summed E-state index contributed by atoms with van der Waals surface area (Å²) in [5.74, 6) is 0. The molecule has 2 nitrogen and oxygen atoms in total. The number of nitrogens with zero attached hydrogens (tertiary/aromatic N) is 1. The predicted octanol–water partition coefficient (Wildman–Crippen LogP) is 8.96. The van der Waals surface area contributed by atoms with E-state index in [0.29, 0.717) is 0 Å². The van der Waals surface area contributed by atoms with Crippen LogP contribution in [0.3, 0.4) is 0 Å². The van der Waals surface area contributed by atoms with Gasteiger partial charge in [0.25, 0.3) is 0 Å². The molecular weight excluding hydrogens is 366 g/mol. The fourth-order valence-electron chi connectivity index (χ4n) is 4.21. The highest BCUT2D eigenvalue weighted by Gasteiger charge is 2.01. The van der Waals surface area contributed by atoms with Gasteiger partial charge in [0.2, 0.25) is 0 Å². The molecule has 0 aliphatic heterocycles. The number of benzene rings is 1. The highest BCUT2D eigenvalue weighted by Crippen LogP contribution is 2.14. The Bertz CT molecular complexity index is 447. The molecule has 0 spiro atoms. The molecule has 1 aromatic rings. The van der Waals surface area contributed by atoms with E-state index in [2.05, 4.69) is 31.2 Å². The van der Waals surface area contributed by atoms with Crippen LogP contribution in [0.1, 0.15) is 128 Å². The normalized spacial score (nSPS) is 11.4. The molecule has 0 saturated carbocycles. The van der Waals surface area contributed by atoms with E-state index in [-0.39, 0.29) is 0 Å². The van der Waals surface area contributed by atoms with Crippen LogP contribution in [0.25, 0.3) is 0 Å². The van der Waals surface area contributed by atoms with Crippen LogP contribution in [0.4, 0.5) is 0 Å². The summed E-state index contributed by atoms with van der Waals surface area (Å²) in [5.41, 5.74) is 1.30. The van der Waals surface area contributed by atoms with Gasteiger partial charge in [-0.05, 0) is 18.4 Å². The fraction of sp³-hybridized carbons (Fsp3) is 0.786. The zero-order valence-electron chi connectivity index (χ0n) is 20.1. The van der Waals surface area contributed by atoms with Crippen molar-refractivity contribution < 1.29 is 5.21 Å². The molecule has 0 bridgehead atoms. The third kappa shape index (κ3) is 18.0. The maximum absolute atomic E-state index is 9.98. The third-order valence-corrected chi connectivity index (χ3v) is 6.27. The van der Waals surface area contributed by atoms with Crippen LogP contribution in [0.5, 0.6) is 0 Å². The Labute approximate surface area is 188 Å². The van der Waals surface area contributed by atoms with Gasteiger partial charge < -0.3 is 5.21 Å². The van der Waals surface area contributed by atoms with Crippen molar-refractivity contribution in [3.8, 4) is 0 Å². The van der Waals surface area contributed by atoms with Crippen LogP contribution in [-0.2, 0) is 6.42 Å². The van der Waals surface area contributed by atoms with E-state index < -0.39 is 0 Å². The minimum atomic E-state index is 0.739. The van der Waals surface area contributed by atoms with E-state index in [1.165, 1.54) is 120 Å². The summed E-state index contributed by atoms with van der Waals surface area (Å²) in [4.78, 5) is 0. The Morgan fingerprint density at radius 1 is 0.533 bits per heavy atom. The van der Waals surface area contributed by atoms with Crippen LogP contribution in [0, 0.1) is 0 Å². The lowest BCUT2D eigenvalue weighted by atomic mass is 10.0. The van der Waals surface area contributed by atoms with E-state index in [1.807, 2.05) is 6.07 Å². The Kier molecular flexibility index (Phi) is 19.4. The zero-order chi connectivity index (χ0) is 21.5. The minimum absolute atomic E-state index is 0.739. The smallest absolute Gasteiger partial charge is 0.0278 e. The number of hydroxylamine groups is 2. The molecule has 0 aromatic heterocycles. The Balaban J connectivity index is 1.72. The minimum Gasteiger partial charge on any atom is -0.314 e. The van der Waals surface area contributed by atoms with Gasteiger partial charge in [0.05, 0.1) is 0 Å². The first-order valence-electron chi connectivity index (χ1n) is 13.3. The molecule has 0 saturated heterocycles. The van der Waals surface area contributed by atoms with Crippen molar-refractivity contribution in [3.05, 3.63) is 35.9 Å². The largest absolute Gasteiger partial charge is 0.314 e. The van der Waals surface area contributed by atoms with E-state index >= 15 is 0 Å². The highest BCUT2D eigenvalue weighted by atomic mass is 16.5. The Morgan fingerprint density at radius 2 is 0.933 bits per heavy atom. The van der Waals surface area contributed by atoms with Crippen molar-refractivity contribution in [1.82, 2.24) is 5.06 Å². The fourth-order valence-corrected chi connectivity index (χ4v) is 4.21. The monoisotopic (exact) mass is 417 g/mol. The first-order valence-corrected chi connectivity index (χ1v) is 13.3. The van der Waals surface area contributed by atoms with E-state index in [9.17, 15) is 5.21 Å². The standard InChI is InChI=1S/C28H51NO/c1-2-3-4-5-6-7-8-9-10-11-12-13-14-15-16-17-18-22-26-29(30)27-25-28-23-20-19-21-24-28/h19-21,23-24,30H,2-18,22,25-27H2,1H3. The van der Waals surface area contributed by atoms with Crippen LogP contribution >= 0.6 is 0 Å². The quantitative estimate of drug-likeness (QED) is 0.150. The molecule has 0 aliphatic carbocycles. The second-order valence-electron chi connectivity index (χ2n) is 9.20. The van der Waals surface area contributed by atoms with Crippen molar-refractivity contribution in [2.75, 3.05) is 13.1 Å². The molecule has 1 aromatic carbocycles. The molecule has 0 radical (unpaired) electrons. The topological polar surface area (TPSA) is 23.5 Å². The lowest BCUT2D eigenvalue weighted by Crippen LogP contribution is -2.23. The summed E-state index contributed by atoms with van der Waals surface area (Å²) in [6.45, 7) is 3.84. The number of hydrogen-bond acceptors (Lipinski definition) is 2. The van der Waals surface area contributed by atoms with Gasteiger partial charge in [-0.3, -0.25) is 0 Å². The third-order valence-electron chi connectivity index (χ3n) is 6.27. The lowest BCUT2D eigenvalue weighted by molar-refractivity contribution is -0.0905. The highest BCUT2D eigenvalue weighted by molar-refractivity contribution is 5.14. The van der Waals surface area contributed by atoms with Crippen molar-refractivity contribution >= 4 is 0 Å². The van der Waals surface area contributed by atoms with Gasteiger partial charge in [0.1, 0.15) is 0 Å². The average Bonchev–Trinajstić information content (AvgIpc) is 2.77. The summed E-state index contributed by atoms with van der Waals surface area (Å²) < 4.78 is 0. The molecule has 1 N–H and O–H groups in total. The molecule has 0 fully saturated rings. The summed E-state index contributed by atoms with van der Waals surface area (Å²) in [6, 6.07) is 10.4. The number of hydrogen-bond donors (Lipinski definition) is 1. The van der Waals surface area contributed by atoms with E-state index in [0.717, 1.165) is 25.9 Å². The van der Waals surface area contributed by atoms with Crippen LogP contribution < -0.4 is 0 Å². The summed E-state index contributed by atoms with van der Waals surface area (Å²) >= 11 is 0. The Hall–Kier alpha value is -0.860. The first kappa shape index (κ1) is 27.2. The summed E-state index contributed by atoms with van der Waals surface area (Å²) in [5, 5.41) is 11.5. The van der Waals surface area contributed by atoms with Gasteiger partial charge in [-0.25, -0.2) is 0 Å². The summed E-state index contributed by atoms with van der Waals surface area (Å²) in [7, 11) is 0. The van der Waals surface area contributed by atoms with E-state index in [4.69, 9.17) is 0 Å². The second-order valence-corrected chi connectivity index (χ2v) is 9.20. The number of unbranched alkanes of at least 4 members (excludes halogenated alkanes) is 17. The SMILES string of the molecule is CCCCCCCCCCCCCCCCCCCCN(O)CCc1ccccc1. The molecule has 30 heavy (non-hydrogen) atoms. The molecule has 0 aliphatic rings. The van der Waals surface area contributed by atoms with Gasteiger partial charge in [0.15, 0.2) is 0 Å². The van der Waals surface area contributed by atoms with Crippen LogP contribution in [0.15, 0.2) is 30.3 Å².